The molecule has 16 nitrogen and oxygen atoms in total. The number of H-pyrrole nitrogens is 1. The van der Waals surface area contributed by atoms with Crippen molar-refractivity contribution in [3.63, 3.8) is 0 Å². The molecule has 0 radical (unpaired) electrons. The Bertz CT molecular complexity index is 2100. The summed E-state index contributed by atoms with van der Waals surface area (Å²) in [5.41, 5.74) is 0.617. The van der Waals surface area contributed by atoms with Gasteiger partial charge in [-0.2, -0.15) is 0 Å². The average Bonchev–Trinajstić information content (AvgIpc) is 3.54. The van der Waals surface area contributed by atoms with Gasteiger partial charge in [0, 0.05) is 28.8 Å². The number of fused-ring (bicyclic) bond motifs is 1. The van der Waals surface area contributed by atoms with Gasteiger partial charge in [0.2, 0.25) is 17.7 Å². The molecule has 3 aromatic rings. The number of ether oxygens (including phenoxy) is 3. The SMILES string of the molecule is CC(C)[C@H](NC(=O)[C@H](CCc1c[nH]c2ccccc12)NC(=O)[C@H](CC(=O)OC(C)(C)C)NC(=O)OCc1ccccc1)C(=O)N[C@H](/C=C/S(C)(=O)=O)CC(=O)OC(C)(C)C. The minimum atomic E-state index is -3.65. The van der Waals surface area contributed by atoms with Gasteiger partial charge in [-0.1, -0.05) is 68.5 Å². The van der Waals surface area contributed by atoms with Crippen LogP contribution in [0.25, 0.3) is 10.9 Å². The highest BCUT2D eigenvalue weighted by Gasteiger charge is 2.34. The van der Waals surface area contributed by atoms with E-state index in [1.54, 1.807) is 91.9 Å². The van der Waals surface area contributed by atoms with E-state index >= 15 is 0 Å². The summed E-state index contributed by atoms with van der Waals surface area (Å²) in [4.78, 5) is 84.0. The molecule has 0 fully saturated rings. The number of carbonyl (C=O) groups excluding carboxylic acids is 6. The van der Waals surface area contributed by atoms with Crippen molar-refractivity contribution in [1.29, 1.82) is 0 Å². The Balaban J connectivity index is 1.91. The van der Waals surface area contributed by atoms with Crippen molar-refractivity contribution in [2.45, 2.75) is 123 Å². The third kappa shape index (κ3) is 17.6. The minimum Gasteiger partial charge on any atom is -0.460 e. The topological polar surface area (TPSA) is 228 Å². The molecule has 0 bridgehead atoms. The summed E-state index contributed by atoms with van der Waals surface area (Å²) in [5, 5.41) is 12.2. The molecule has 4 atom stereocenters. The van der Waals surface area contributed by atoms with E-state index in [2.05, 4.69) is 26.3 Å². The van der Waals surface area contributed by atoms with Crippen LogP contribution in [-0.2, 0) is 61.0 Å². The first kappa shape index (κ1) is 48.7. The summed E-state index contributed by atoms with van der Waals surface area (Å²) >= 11 is 0. The average molecular weight is 854 g/mol. The Hall–Kier alpha value is -5.71. The van der Waals surface area contributed by atoms with Gasteiger partial charge in [0.05, 0.1) is 18.9 Å². The van der Waals surface area contributed by atoms with E-state index in [1.807, 2.05) is 24.3 Å². The van der Waals surface area contributed by atoms with Crippen molar-refractivity contribution in [1.82, 2.24) is 26.3 Å². The molecule has 5 N–H and O–H groups in total. The Morgan fingerprint density at radius 2 is 1.32 bits per heavy atom. The fraction of sp³-hybridized carbons (Fsp3) is 0.488. The fourth-order valence-electron chi connectivity index (χ4n) is 5.87. The lowest BCUT2D eigenvalue weighted by Crippen LogP contribution is -2.58. The van der Waals surface area contributed by atoms with Crippen LogP contribution in [0.2, 0.25) is 0 Å². The Kier molecular flexibility index (Phi) is 17.4. The molecule has 1 aromatic heterocycles. The van der Waals surface area contributed by atoms with Crippen molar-refractivity contribution in [2.75, 3.05) is 6.26 Å². The van der Waals surface area contributed by atoms with Crippen LogP contribution in [0, 0.1) is 5.92 Å². The first-order valence-electron chi connectivity index (χ1n) is 19.6. The number of alkyl carbamates (subject to hydrolysis) is 1. The lowest BCUT2D eigenvalue weighted by atomic mass is 10.00. The molecule has 3 rings (SSSR count). The van der Waals surface area contributed by atoms with Gasteiger partial charge in [-0.05, 0) is 77.5 Å². The zero-order valence-corrected chi connectivity index (χ0v) is 36.6. The second kappa shape index (κ2) is 21.5. The number of para-hydroxylation sites is 1. The zero-order chi connectivity index (χ0) is 44.8. The molecule has 1 heterocycles. The fourth-order valence-corrected chi connectivity index (χ4v) is 6.35. The van der Waals surface area contributed by atoms with E-state index < -0.39 is 99.7 Å². The van der Waals surface area contributed by atoms with Gasteiger partial charge in [-0.25, -0.2) is 13.2 Å². The molecule has 0 saturated heterocycles. The monoisotopic (exact) mass is 853 g/mol. The highest BCUT2D eigenvalue weighted by molar-refractivity contribution is 7.93. The maximum absolute atomic E-state index is 14.2. The van der Waals surface area contributed by atoms with E-state index in [9.17, 15) is 37.2 Å². The number of hydrogen-bond acceptors (Lipinski definition) is 11. The first-order valence-corrected chi connectivity index (χ1v) is 21.6. The number of benzene rings is 2. The third-order valence-electron chi connectivity index (χ3n) is 8.56. The molecular weight excluding hydrogens is 795 g/mol. The summed E-state index contributed by atoms with van der Waals surface area (Å²) in [6.45, 7) is 13.1. The molecule has 0 aliphatic rings. The molecular formula is C43H59N5O11S. The maximum atomic E-state index is 14.2. The Morgan fingerprint density at radius 3 is 1.92 bits per heavy atom. The highest BCUT2D eigenvalue weighted by Crippen LogP contribution is 2.20. The van der Waals surface area contributed by atoms with Gasteiger partial charge >= 0.3 is 18.0 Å². The lowest BCUT2D eigenvalue weighted by Gasteiger charge is -2.28. The van der Waals surface area contributed by atoms with Gasteiger partial charge in [-0.15, -0.1) is 0 Å². The van der Waals surface area contributed by atoms with Crippen LogP contribution in [0.1, 0.15) is 85.8 Å². The van der Waals surface area contributed by atoms with E-state index in [-0.39, 0.29) is 19.4 Å². The van der Waals surface area contributed by atoms with E-state index in [4.69, 9.17) is 14.2 Å². The number of carbonyl (C=O) groups is 6. The van der Waals surface area contributed by atoms with Crippen LogP contribution in [0.5, 0.6) is 0 Å². The molecule has 4 amide bonds. The summed E-state index contributed by atoms with van der Waals surface area (Å²) < 4.78 is 40.1. The molecule has 0 aliphatic carbocycles. The summed E-state index contributed by atoms with van der Waals surface area (Å²) in [6.07, 6.45) is 2.19. The lowest BCUT2D eigenvalue weighted by molar-refractivity contribution is -0.157. The zero-order valence-electron chi connectivity index (χ0n) is 35.7. The largest absolute Gasteiger partial charge is 0.460 e. The number of nitrogens with one attached hydrogen (secondary N) is 5. The molecule has 17 heteroatoms. The molecule has 0 saturated carbocycles. The maximum Gasteiger partial charge on any atom is 0.408 e. The molecule has 0 aliphatic heterocycles. The van der Waals surface area contributed by atoms with Gasteiger partial charge in [0.15, 0.2) is 9.84 Å². The van der Waals surface area contributed by atoms with Crippen LogP contribution in [-0.4, -0.2) is 90.8 Å². The minimum absolute atomic E-state index is 0.0157. The first-order chi connectivity index (χ1) is 27.9. The number of aryl methyl sites for hydroxylation is 1. The molecule has 0 unspecified atom stereocenters. The third-order valence-corrected chi connectivity index (χ3v) is 9.21. The van der Waals surface area contributed by atoms with Crippen LogP contribution in [0.15, 0.2) is 72.3 Å². The number of esters is 2. The second-order valence-corrected chi connectivity index (χ2v) is 18.7. The van der Waals surface area contributed by atoms with Crippen LogP contribution < -0.4 is 21.3 Å². The second-order valence-electron chi connectivity index (χ2n) is 16.8. The standard InChI is InChI=1S/C43H59N5O11S/c1-27(2)37(40(53)45-30(21-22-60(9,55)56)23-35(49)58-42(3,4)5)48-38(51)33(20-19-29-25-44-32-18-14-13-17-31(29)32)46-39(52)34(24-36(50)59-43(6,7)8)47-41(54)57-26-28-15-11-10-12-16-28/h10-18,21-22,25,27,30,33-34,37,44H,19-20,23-24,26H2,1-9H3,(H,45,53)(H,46,52)(H,47,54)(H,48,51)/b22-21+/t30-,33+,34+,37+/m1/s1. The summed E-state index contributed by atoms with van der Waals surface area (Å²) in [7, 11) is -3.65. The predicted molar refractivity (Wildman–Crippen MR) is 226 cm³/mol. The van der Waals surface area contributed by atoms with Crippen molar-refractivity contribution < 1.29 is 51.4 Å². The predicted octanol–water partition coefficient (Wildman–Crippen LogP) is 4.53. The number of aromatic amines is 1. The molecule has 2 aromatic carbocycles. The van der Waals surface area contributed by atoms with E-state index in [1.165, 1.54) is 0 Å². The van der Waals surface area contributed by atoms with Crippen molar-refractivity contribution in [3.8, 4) is 0 Å². The van der Waals surface area contributed by atoms with E-state index in [0.717, 1.165) is 34.2 Å². The quantitative estimate of drug-likeness (QED) is 0.0832. The van der Waals surface area contributed by atoms with Crippen molar-refractivity contribution >= 4 is 56.5 Å². The number of amides is 4. The normalized spacial score (nSPS) is 14.1. The van der Waals surface area contributed by atoms with Crippen LogP contribution >= 0.6 is 0 Å². The highest BCUT2D eigenvalue weighted by atomic mass is 32.2. The Labute approximate surface area is 351 Å². The number of aromatic nitrogens is 1. The number of sulfone groups is 1. The van der Waals surface area contributed by atoms with Crippen molar-refractivity contribution in [2.24, 2.45) is 5.92 Å². The molecule has 60 heavy (non-hydrogen) atoms. The summed E-state index contributed by atoms with van der Waals surface area (Å²) in [6, 6.07) is 11.1. The smallest absolute Gasteiger partial charge is 0.408 e. The Morgan fingerprint density at radius 1 is 0.733 bits per heavy atom. The van der Waals surface area contributed by atoms with Gasteiger partial charge in [0.25, 0.3) is 0 Å². The van der Waals surface area contributed by atoms with Gasteiger partial charge in [0.1, 0.15) is 35.9 Å². The number of hydrogen-bond donors (Lipinski definition) is 5. The van der Waals surface area contributed by atoms with Crippen LogP contribution in [0.4, 0.5) is 4.79 Å². The van der Waals surface area contributed by atoms with Gasteiger partial charge in [-0.3, -0.25) is 24.0 Å². The molecule has 328 valence electrons. The number of rotatable bonds is 19. The molecule has 0 spiro atoms. The van der Waals surface area contributed by atoms with E-state index in [0.29, 0.717) is 5.56 Å². The summed E-state index contributed by atoms with van der Waals surface area (Å²) in [5.74, 6) is -4.44. The van der Waals surface area contributed by atoms with Gasteiger partial charge < -0.3 is 40.5 Å². The van der Waals surface area contributed by atoms with Crippen LogP contribution in [0.3, 0.4) is 0 Å². The van der Waals surface area contributed by atoms with Crippen molar-refractivity contribution in [3.05, 3.63) is 83.4 Å².